The van der Waals surface area contributed by atoms with Crippen molar-refractivity contribution in [2.24, 2.45) is 5.92 Å². The number of aromatic nitrogens is 1. The zero-order valence-corrected chi connectivity index (χ0v) is 17.7. The van der Waals surface area contributed by atoms with Crippen LogP contribution in [0.4, 0.5) is 0 Å². The number of morpholine rings is 1. The minimum absolute atomic E-state index is 0.0926. The number of carbonyl (C=O) groups is 2. The van der Waals surface area contributed by atoms with Gasteiger partial charge >= 0.3 is 0 Å². The molecule has 1 aliphatic heterocycles. The molecule has 2 fully saturated rings. The molecular weight excluding hydrogens is 378 g/mol. The summed E-state index contributed by atoms with van der Waals surface area (Å²) in [5.41, 5.74) is 2.09. The monoisotopic (exact) mass is 407 g/mol. The van der Waals surface area contributed by atoms with Gasteiger partial charge in [0.2, 0.25) is 5.91 Å². The van der Waals surface area contributed by atoms with E-state index < -0.39 is 5.60 Å². The molecule has 2 aliphatic rings. The summed E-state index contributed by atoms with van der Waals surface area (Å²) in [5.74, 6) is 0.200. The van der Waals surface area contributed by atoms with Gasteiger partial charge in [0.1, 0.15) is 0 Å². The first-order valence-corrected chi connectivity index (χ1v) is 10.6. The predicted octanol–water partition coefficient (Wildman–Crippen LogP) is 2.78. The van der Waals surface area contributed by atoms with Crippen LogP contribution in [-0.2, 0) is 20.7 Å². The van der Waals surface area contributed by atoms with Crippen molar-refractivity contribution < 1.29 is 14.3 Å². The number of rotatable bonds is 5. The van der Waals surface area contributed by atoms with Gasteiger partial charge < -0.3 is 14.5 Å². The van der Waals surface area contributed by atoms with Crippen molar-refractivity contribution in [2.45, 2.75) is 31.3 Å². The highest BCUT2D eigenvalue weighted by atomic mass is 16.5. The summed E-state index contributed by atoms with van der Waals surface area (Å²) in [7, 11) is 3.48. The van der Waals surface area contributed by atoms with Crippen molar-refractivity contribution in [1.82, 2.24) is 14.8 Å². The van der Waals surface area contributed by atoms with Crippen LogP contribution in [0.3, 0.4) is 0 Å². The Balaban J connectivity index is 1.56. The van der Waals surface area contributed by atoms with Crippen LogP contribution in [-0.4, -0.2) is 66.0 Å². The van der Waals surface area contributed by atoms with E-state index in [2.05, 4.69) is 4.98 Å². The maximum atomic E-state index is 13.2. The van der Waals surface area contributed by atoms with Gasteiger partial charge in [-0.2, -0.15) is 0 Å². The van der Waals surface area contributed by atoms with Crippen molar-refractivity contribution >= 4 is 11.8 Å². The van der Waals surface area contributed by atoms with Gasteiger partial charge in [0, 0.05) is 45.4 Å². The normalized spacial score (nSPS) is 21.7. The van der Waals surface area contributed by atoms with Crippen LogP contribution in [0.5, 0.6) is 0 Å². The predicted molar refractivity (Wildman–Crippen MR) is 115 cm³/mol. The maximum Gasteiger partial charge on any atom is 0.256 e. The third-order valence-corrected chi connectivity index (χ3v) is 6.19. The molecule has 0 unspecified atom stereocenters. The first-order valence-electron chi connectivity index (χ1n) is 10.6. The summed E-state index contributed by atoms with van der Waals surface area (Å²) in [6.45, 7) is 1.24. The van der Waals surface area contributed by atoms with Crippen LogP contribution < -0.4 is 0 Å². The molecule has 30 heavy (non-hydrogen) atoms. The Labute approximate surface area is 177 Å². The summed E-state index contributed by atoms with van der Waals surface area (Å²) in [5, 5.41) is 0. The zero-order chi connectivity index (χ0) is 21.1. The highest BCUT2D eigenvalue weighted by Crippen LogP contribution is 2.32. The van der Waals surface area contributed by atoms with E-state index in [1.807, 2.05) is 47.5 Å². The van der Waals surface area contributed by atoms with E-state index in [9.17, 15) is 9.59 Å². The number of pyridine rings is 1. The molecule has 1 aromatic heterocycles. The van der Waals surface area contributed by atoms with Crippen LogP contribution >= 0.6 is 0 Å². The molecule has 4 rings (SSSR count). The molecule has 1 atom stereocenters. The second-order valence-electron chi connectivity index (χ2n) is 8.55. The van der Waals surface area contributed by atoms with Crippen molar-refractivity contribution in [3.05, 3.63) is 54.4 Å². The summed E-state index contributed by atoms with van der Waals surface area (Å²) in [6, 6.07) is 12.1. The van der Waals surface area contributed by atoms with Crippen molar-refractivity contribution in [3.8, 4) is 11.1 Å². The van der Waals surface area contributed by atoms with Gasteiger partial charge in [-0.15, -0.1) is 0 Å². The summed E-state index contributed by atoms with van der Waals surface area (Å²) in [6.07, 6.45) is 7.06. The fourth-order valence-electron chi connectivity index (χ4n) is 4.28. The van der Waals surface area contributed by atoms with Crippen LogP contribution in [0, 0.1) is 5.92 Å². The molecule has 1 aliphatic carbocycles. The molecule has 1 saturated heterocycles. The van der Waals surface area contributed by atoms with Crippen molar-refractivity contribution in [3.63, 3.8) is 0 Å². The number of ether oxygens (including phenoxy) is 1. The van der Waals surface area contributed by atoms with E-state index in [4.69, 9.17) is 4.74 Å². The lowest BCUT2D eigenvalue weighted by Crippen LogP contribution is -2.62. The van der Waals surface area contributed by atoms with Crippen molar-refractivity contribution in [1.29, 1.82) is 0 Å². The lowest BCUT2D eigenvalue weighted by molar-refractivity contribution is -0.174. The fourth-order valence-corrected chi connectivity index (χ4v) is 4.28. The number of likely N-dealkylation sites (N-methyl/N-ethyl adjacent to an activating group) is 1. The molecule has 158 valence electrons. The van der Waals surface area contributed by atoms with E-state index >= 15 is 0 Å². The van der Waals surface area contributed by atoms with E-state index in [1.54, 1.807) is 25.2 Å². The van der Waals surface area contributed by atoms with Crippen molar-refractivity contribution in [2.75, 3.05) is 33.8 Å². The highest BCUT2D eigenvalue weighted by molar-refractivity contribution is 5.87. The smallest absolute Gasteiger partial charge is 0.256 e. The highest BCUT2D eigenvalue weighted by Gasteiger charge is 2.47. The lowest BCUT2D eigenvalue weighted by atomic mass is 9.83. The zero-order valence-electron chi connectivity index (χ0n) is 17.7. The van der Waals surface area contributed by atoms with Gasteiger partial charge in [-0.1, -0.05) is 36.8 Å². The van der Waals surface area contributed by atoms with Gasteiger partial charge in [0.15, 0.2) is 5.60 Å². The summed E-state index contributed by atoms with van der Waals surface area (Å²) >= 11 is 0. The van der Waals surface area contributed by atoms with Gasteiger partial charge in [-0.25, -0.2) is 0 Å². The van der Waals surface area contributed by atoms with E-state index in [-0.39, 0.29) is 17.7 Å². The van der Waals surface area contributed by atoms with Crippen LogP contribution in [0.2, 0.25) is 0 Å². The second kappa shape index (κ2) is 8.56. The Bertz CT molecular complexity index is 894. The Morgan fingerprint density at radius 2 is 1.93 bits per heavy atom. The van der Waals surface area contributed by atoms with Gasteiger partial charge in [-0.3, -0.25) is 14.6 Å². The molecule has 2 aromatic rings. The Morgan fingerprint density at radius 1 is 1.17 bits per heavy atom. The van der Waals surface area contributed by atoms with Crippen LogP contribution in [0.25, 0.3) is 11.1 Å². The fraction of sp³-hybridized carbons (Fsp3) is 0.458. The molecular formula is C24H29N3O3. The first kappa shape index (κ1) is 20.5. The first-order chi connectivity index (χ1) is 14.5. The number of benzene rings is 1. The standard InChI is InChI=1S/C24H29N3O3/c1-26(2)23(29)24(17-27(13-14-30-24)22(28)20-5-3-6-20)15-18-8-10-19(11-9-18)21-7-4-12-25-16-21/h4,7-12,16,20H,3,5-6,13-15,17H2,1-2H3/t24-/m1/s1. The summed E-state index contributed by atoms with van der Waals surface area (Å²) in [4.78, 5) is 33.6. The maximum absolute atomic E-state index is 13.2. The molecule has 1 saturated carbocycles. The molecule has 0 N–H and O–H groups in total. The lowest BCUT2D eigenvalue weighted by Gasteiger charge is -2.44. The molecule has 0 bridgehead atoms. The molecule has 0 spiro atoms. The number of nitrogens with zero attached hydrogens (tertiary/aromatic N) is 3. The number of amides is 2. The van der Waals surface area contributed by atoms with E-state index in [0.29, 0.717) is 26.1 Å². The van der Waals surface area contributed by atoms with Gasteiger partial charge in [-0.05, 0) is 35.6 Å². The van der Waals surface area contributed by atoms with E-state index in [1.165, 1.54) is 0 Å². The SMILES string of the molecule is CN(C)C(=O)[C@@]1(Cc2ccc(-c3cccnc3)cc2)CN(C(=O)C2CCC2)CCO1. The topological polar surface area (TPSA) is 62.7 Å². The average molecular weight is 408 g/mol. The molecule has 2 heterocycles. The minimum atomic E-state index is -1.04. The van der Waals surface area contributed by atoms with Crippen LogP contribution in [0.1, 0.15) is 24.8 Å². The summed E-state index contributed by atoms with van der Waals surface area (Å²) < 4.78 is 6.12. The average Bonchev–Trinajstić information content (AvgIpc) is 2.73. The third kappa shape index (κ3) is 4.10. The van der Waals surface area contributed by atoms with Gasteiger partial charge in [0.25, 0.3) is 5.91 Å². The number of hydrogen-bond donors (Lipinski definition) is 0. The quantitative estimate of drug-likeness (QED) is 0.765. The Morgan fingerprint density at radius 3 is 2.53 bits per heavy atom. The largest absolute Gasteiger partial charge is 0.361 e. The second-order valence-corrected chi connectivity index (χ2v) is 8.55. The van der Waals surface area contributed by atoms with E-state index in [0.717, 1.165) is 36.0 Å². The number of hydrogen-bond acceptors (Lipinski definition) is 4. The molecule has 2 amide bonds. The Hall–Kier alpha value is -2.73. The number of carbonyl (C=O) groups excluding carboxylic acids is 2. The minimum Gasteiger partial charge on any atom is -0.361 e. The molecule has 1 aromatic carbocycles. The molecule has 6 nitrogen and oxygen atoms in total. The third-order valence-electron chi connectivity index (χ3n) is 6.19. The Kier molecular flexibility index (Phi) is 5.86. The molecule has 0 radical (unpaired) electrons. The molecule has 6 heteroatoms. The van der Waals surface area contributed by atoms with Crippen LogP contribution in [0.15, 0.2) is 48.8 Å². The van der Waals surface area contributed by atoms with Gasteiger partial charge in [0.05, 0.1) is 13.2 Å².